The monoisotopic (exact) mass is 200 g/mol. The Morgan fingerprint density at radius 2 is 1.86 bits per heavy atom. The van der Waals surface area contributed by atoms with E-state index in [2.05, 4.69) is 6.58 Å². The first-order chi connectivity index (χ1) is 6.50. The van der Waals surface area contributed by atoms with Crippen molar-refractivity contribution in [2.75, 3.05) is 0 Å². The molecule has 14 heavy (non-hydrogen) atoms. The molecule has 2 N–H and O–H groups in total. The van der Waals surface area contributed by atoms with Crippen molar-refractivity contribution in [1.82, 2.24) is 0 Å². The summed E-state index contributed by atoms with van der Waals surface area (Å²) in [7, 11) is 0. The van der Waals surface area contributed by atoms with E-state index in [0.717, 1.165) is 19.3 Å². The van der Waals surface area contributed by atoms with Crippen LogP contribution in [0.15, 0.2) is 12.2 Å². The molecule has 80 valence electrons. The standard InChI is InChI=1S/C10H16O4/c1-3-4-5-6-8(10(13)14)7(2)9(11)12/h8H,2-6H2,1H3,(H,11,12)(H,13,14). The average Bonchev–Trinajstić information content (AvgIpc) is 2.10. The molecule has 0 bridgehead atoms. The Kier molecular flexibility index (Phi) is 5.60. The summed E-state index contributed by atoms with van der Waals surface area (Å²) in [5.41, 5.74) is -0.228. The van der Waals surface area contributed by atoms with Crippen LogP contribution in [0, 0.1) is 5.92 Å². The molecule has 4 nitrogen and oxygen atoms in total. The molecule has 0 aromatic carbocycles. The molecule has 0 rings (SSSR count). The van der Waals surface area contributed by atoms with Crippen molar-refractivity contribution < 1.29 is 19.8 Å². The van der Waals surface area contributed by atoms with E-state index < -0.39 is 17.9 Å². The molecule has 0 saturated carbocycles. The predicted octanol–water partition coefficient (Wildman–Crippen LogP) is 1.91. The number of aliphatic carboxylic acids is 2. The largest absolute Gasteiger partial charge is 0.481 e. The van der Waals surface area contributed by atoms with E-state index in [1.165, 1.54) is 0 Å². The maximum Gasteiger partial charge on any atom is 0.331 e. The zero-order valence-electron chi connectivity index (χ0n) is 8.32. The van der Waals surface area contributed by atoms with Gasteiger partial charge in [0.1, 0.15) is 0 Å². The second-order valence-electron chi connectivity index (χ2n) is 3.22. The van der Waals surface area contributed by atoms with Crippen molar-refractivity contribution in [2.24, 2.45) is 5.92 Å². The number of rotatable bonds is 7. The zero-order chi connectivity index (χ0) is 11.1. The van der Waals surface area contributed by atoms with Crippen LogP contribution >= 0.6 is 0 Å². The number of carboxylic acids is 2. The SMILES string of the molecule is C=C(C(=O)O)C(CCCCC)C(=O)O. The minimum atomic E-state index is -1.23. The molecular formula is C10H16O4. The summed E-state index contributed by atoms with van der Waals surface area (Å²) in [6, 6.07) is 0. The highest BCUT2D eigenvalue weighted by Crippen LogP contribution is 2.18. The van der Waals surface area contributed by atoms with Gasteiger partial charge in [0.15, 0.2) is 0 Å². The Morgan fingerprint density at radius 3 is 2.21 bits per heavy atom. The highest BCUT2D eigenvalue weighted by Gasteiger charge is 2.24. The predicted molar refractivity (Wildman–Crippen MR) is 52.0 cm³/mol. The summed E-state index contributed by atoms with van der Waals surface area (Å²) < 4.78 is 0. The third-order valence-corrected chi connectivity index (χ3v) is 2.09. The minimum absolute atomic E-state index is 0.228. The first-order valence-corrected chi connectivity index (χ1v) is 4.65. The number of carboxylic acid groups (broad SMARTS) is 2. The normalized spacial score (nSPS) is 12.1. The van der Waals surface area contributed by atoms with E-state index in [1.54, 1.807) is 0 Å². The summed E-state index contributed by atoms with van der Waals surface area (Å²) in [4.78, 5) is 21.2. The van der Waals surface area contributed by atoms with Gasteiger partial charge in [-0.2, -0.15) is 0 Å². The minimum Gasteiger partial charge on any atom is -0.481 e. The third kappa shape index (κ3) is 4.07. The fraction of sp³-hybridized carbons (Fsp3) is 0.600. The van der Waals surface area contributed by atoms with E-state index in [9.17, 15) is 9.59 Å². The van der Waals surface area contributed by atoms with Gasteiger partial charge >= 0.3 is 11.9 Å². The Balaban J connectivity index is 4.23. The van der Waals surface area contributed by atoms with Gasteiger partial charge in [-0.05, 0) is 6.42 Å². The molecule has 0 amide bonds. The van der Waals surface area contributed by atoms with Crippen LogP contribution in [-0.4, -0.2) is 22.2 Å². The zero-order valence-corrected chi connectivity index (χ0v) is 8.32. The van der Waals surface area contributed by atoms with Crippen molar-refractivity contribution in [1.29, 1.82) is 0 Å². The quantitative estimate of drug-likeness (QED) is 0.486. The van der Waals surface area contributed by atoms with Gasteiger partial charge in [0.25, 0.3) is 0 Å². The fourth-order valence-electron chi connectivity index (χ4n) is 1.19. The maximum absolute atomic E-state index is 10.7. The fourth-order valence-corrected chi connectivity index (χ4v) is 1.19. The molecule has 0 aliphatic rings. The Morgan fingerprint density at radius 1 is 1.29 bits per heavy atom. The first kappa shape index (κ1) is 12.7. The number of unbranched alkanes of at least 4 members (excludes halogenated alkanes) is 2. The average molecular weight is 200 g/mol. The Hall–Kier alpha value is -1.32. The molecule has 0 saturated heterocycles. The van der Waals surface area contributed by atoms with E-state index >= 15 is 0 Å². The summed E-state index contributed by atoms with van der Waals surface area (Å²) in [5.74, 6) is -3.28. The van der Waals surface area contributed by atoms with Crippen molar-refractivity contribution in [3.8, 4) is 0 Å². The van der Waals surface area contributed by atoms with Crippen LogP contribution in [0.1, 0.15) is 32.6 Å². The van der Waals surface area contributed by atoms with Gasteiger partial charge in [0.2, 0.25) is 0 Å². The molecule has 1 unspecified atom stereocenters. The number of hydrogen-bond acceptors (Lipinski definition) is 2. The van der Waals surface area contributed by atoms with Crippen molar-refractivity contribution >= 4 is 11.9 Å². The maximum atomic E-state index is 10.7. The second-order valence-corrected chi connectivity index (χ2v) is 3.22. The van der Waals surface area contributed by atoms with E-state index in [4.69, 9.17) is 10.2 Å². The van der Waals surface area contributed by atoms with E-state index in [1.807, 2.05) is 6.92 Å². The van der Waals surface area contributed by atoms with Gasteiger partial charge in [-0.25, -0.2) is 4.79 Å². The molecule has 1 atom stereocenters. The topological polar surface area (TPSA) is 74.6 Å². The van der Waals surface area contributed by atoms with Crippen molar-refractivity contribution in [2.45, 2.75) is 32.6 Å². The third-order valence-electron chi connectivity index (χ3n) is 2.09. The molecule has 0 aromatic heterocycles. The van der Waals surface area contributed by atoms with E-state index in [0.29, 0.717) is 6.42 Å². The molecule has 0 aliphatic heterocycles. The molecule has 0 heterocycles. The smallest absolute Gasteiger partial charge is 0.331 e. The van der Waals surface area contributed by atoms with Gasteiger partial charge in [0, 0.05) is 5.57 Å². The van der Waals surface area contributed by atoms with Crippen LogP contribution < -0.4 is 0 Å². The molecular weight excluding hydrogens is 184 g/mol. The van der Waals surface area contributed by atoms with E-state index in [-0.39, 0.29) is 5.57 Å². The summed E-state index contributed by atoms with van der Waals surface area (Å²) in [6.07, 6.45) is 2.97. The molecule has 0 aliphatic carbocycles. The summed E-state index contributed by atoms with van der Waals surface area (Å²) >= 11 is 0. The summed E-state index contributed by atoms with van der Waals surface area (Å²) in [5, 5.41) is 17.4. The Bertz CT molecular complexity index is 232. The summed E-state index contributed by atoms with van der Waals surface area (Å²) in [6.45, 7) is 5.28. The molecule has 4 heteroatoms. The van der Waals surface area contributed by atoms with Crippen LogP contribution in [-0.2, 0) is 9.59 Å². The van der Waals surface area contributed by atoms with Gasteiger partial charge in [0.05, 0.1) is 5.92 Å². The second kappa shape index (κ2) is 6.18. The lowest BCUT2D eigenvalue weighted by molar-refractivity contribution is -0.144. The highest BCUT2D eigenvalue weighted by molar-refractivity contribution is 5.93. The highest BCUT2D eigenvalue weighted by atomic mass is 16.4. The molecule has 0 spiro atoms. The van der Waals surface area contributed by atoms with Crippen LogP contribution in [0.3, 0.4) is 0 Å². The lowest BCUT2D eigenvalue weighted by Crippen LogP contribution is -2.20. The number of hydrogen-bond donors (Lipinski definition) is 2. The van der Waals surface area contributed by atoms with Gasteiger partial charge in [-0.15, -0.1) is 0 Å². The van der Waals surface area contributed by atoms with Gasteiger partial charge in [-0.1, -0.05) is 32.8 Å². The van der Waals surface area contributed by atoms with Crippen molar-refractivity contribution in [3.05, 3.63) is 12.2 Å². The van der Waals surface area contributed by atoms with Gasteiger partial charge in [-0.3, -0.25) is 4.79 Å². The first-order valence-electron chi connectivity index (χ1n) is 4.65. The molecule has 0 aromatic rings. The van der Waals surface area contributed by atoms with Crippen LogP contribution in [0.5, 0.6) is 0 Å². The lowest BCUT2D eigenvalue weighted by atomic mass is 9.94. The number of carbonyl (C=O) groups is 2. The van der Waals surface area contributed by atoms with Crippen LogP contribution in [0.4, 0.5) is 0 Å². The molecule has 0 radical (unpaired) electrons. The molecule has 0 fully saturated rings. The van der Waals surface area contributed by atoms with Gasteiger partial charge < -0.3 is 10.2 Å². The van der Waals surface area contributed by atoms with Crippen molar-refractivity contribution in [3.63, 3.8) is 0 Å². The van der Waals surface area contributed by atoms with Crippen LogP contribution in [0.2, 0.25) is 0 Å². The lowest BCUT2D eigenvalue weighted by Gasteiger charge is -2.11. The Labute approximate surface area is 83.2 Å². The van der Waals surface area contributed by atoms with Crippen LogP contribution in [0.25, 0.3) is 0 Å².